The van der Waals surface area contributed by atoms with Crippen molar-refractivity contribution in [2.24, 2.45) is 0 Å². The fourth-order valence-electron chi connectivity index (χ4n) is 4.04. The molecule has 0 spiro atoms. The van der Waals surface area contributed by atoms with Gasteiger partial charge in [-0.25, -0.2) is 17.9 Å². The van der Waals surface area contributed by atoms with Crippen molar-refractivity contribution in [3.8, 4) is 11.9 Å². The minimum Gasteiger partial charge on any atom is -0.496 e. The molecular formula is C21H22Br2N4O5S. The van der Waals surface area contributed by atoms with Crippen molar-refractivity contribution in [2.75, 3.05) is 20.7 Å². The maximum absolute atomic E-state index is 13.1. The molecule has 0 saturated carbocycles. The molecule has 1 amide bonds. The first-order chi connectivity index (χ1) is 15.6. The van der Waals surface area contributed by atoms with Gasteiger partial charge in [0, 0.05) is 34.1 Å². The van der Waals surface area contributed by atoms with E-state index < -0.39 is 34.2 Å². The van der Waals surface area contributed by atoms with Crippen LogP contribution in [0.25, 0.3) is 0 Å². The average Bonchev–Trinajstić information content (AvgIpc) is 3.17. The Morgan fingerprint density at radius 3 is 2.67 bits per heavy atom. The summed E-state index contributed by atoms with van der Waals surface area (Å²) in [7, 11) is -1.00. The predicted octanol–water partition coefficient (Wildman–Crippen LogP) is 3.77. The number of benzene rings is 2. The van der Waals surface area contributed by atoms with Gasteiger partial charge in [0.05, 0.1) is 24.1 Å². The molecule has 2 aromatic rings. The lowest BCUT2D eigenvalue weighted by molar-refractivity contribution is 0.113. The number of nitriles is 1. The highest BCUT2D eigenvalue weighted by atomic mass is 79.9. The van der Waals surface area contributed by atoms with Crippen LogP contribution in [0.15, 0.2) is 56.3 Å². The molecular weight excluding hydrogens is 580 g/mol. The zero-order valence-corrected chi connectivity index (χ0v) is 21.8. The number of hydrogen-bond donors (Lipinski definition) is 2. The van der Waals surface area contributed by atoms with Gasteiger partial charge >= 0.3 is 6.09 Å². The number of sulfonamides is 1. The molecule has 12 heteroatoms. The summed E-state index contributed by atoms with van der Waals surface area (Å²) in [5.41, 5.74) is 0.591. The van der Waals surface area contributed by atoms with Crippen molar-refractivity contribution in [2.45, 2.75) is 29.4 Å². The number of methoxy groups -OCH3 is 1. The summed E-state index contributed by atoms with van der Waals surface area (Å²) >= 11 is 6.55. The van der Waals surface area contributed by atoms with Crippen molar-refractivity contribution in [1.29, 1.82) is 5.26 Å². The van der Waals surface area contributed by atoms with E-state index in [4.69, 9.17) is 4.74 Å². The van der Waals surface area contributed by atoms with Gasteiger partial charge in [-0.05, 0) is 46.6 Å². The van der Waals surface area contributed by atoms with E-state index in [-0.39, 0.29) is 17.9 Å². The van der Waals surface area contributed by atoms with Crippen LogP contribution in [0.3, 0.4) is 0 Å². The Morgan fingerprint density at radius 2 is 2.03 bits per heavy atom. The number of halogens is 2. The highest BCUT2D eigenvalue weighted by molar-refractivity contribution is 9.11. The second-order valence-electron chi connectivity index (χ2n) is 7.53. The molecule has 1 aliphatic rings. The third-order valence-corrected chi connectivity index (χ3v) is 8.53. The first-order valence-electron chi connectivity index (χ1n) is 9.81. The van der Waals surface area contributed by atoms with Crippen LogP contribution < -0.4 is 9.46 Å². The number of amides is 1. The molecule has 1 heterocycles. The fraction of sp³-hybridized carbons (Fsp3) is 0.333. The molecule has 0 bridgehead atoms. The standard InChI is InChI=1S/C21H22Br2N4O5S/c1-26(21(28)29)20(15-5-3-4-6-18(15)32-2)17-10-14(11-27(17)12-24)25-33(30,31)19-9-13(22)7-8-16(19)23/h3-9,14,17,20,25H,10-11H2,1-2H3,(H,28,29)/t14-,17+,20?/m1/s1. The molecule has 1 saturated heterocycles. The van der Waals surface area contributed by atoms with Gasteiger partial charge in [0.15, 0.2) is 6.19 Å². The van der Waals surface area contributed by atoms with E-state index in [2.05, 4.69) is 42.8 Å². The smallest absolute Gasteiger partial charge is 0.407 e. The van der Waals surface area contributed by atoms with Crippen molar-refractivity contribution in [3.63, 3.8) is 0 Å². The molecule has 1 aliphatic heterocycles. The maximum atomic E-state index is 13.1. The van der Waals surface area contributed by atoms with Crippen molar-refractivity contribution < 1.29 is 23.1 Å². The summed E-state index contributed by atoms with van der Waals surface area (Å²) < 4.78 is 35.2. The molecule has 33 heavy (non-hydrogen) atoms. The van der Waals surface area contributed by atoms with Crippen LogP contribution in [0.1, 0.15) is 18.0 Å². The largest absolute Gasteiger partial charge is 0.496 e. The Morgan fingerprint density at radius 1 is 1.33 bits per heavy atom. The van der Waals surface area contributed by atoms with E-state index >= 15 is 0 Å². The lowest BCUT2D eigenvalue weighted by Crippen LogP contribution is -2.42. The molecule has 1 fully saturated rings. The quantitative estimate of drug-likeness (QED) is 0.463. The lowest BCUT2D eigenvalue weighted by Gasteiger charge is -2.34. The number of hydrogen-bond acceptors (Lipinski definition) is 6. The van der Waals surface area contributed by atoms with Crippen LogP contribution in [0.4, 0.5) is 4.79 Å². The van der Waals surface area contributed by atoms with Gasteiger partial charge in [-0.3, -0.25) is 0 Å². The van der Waals surface area contributed by atoms with Gasteiger partial charge in [-0.2, -0.15) is 5.26 Å². The number of likely N-dealkylation sites (tertiary alicyclic amines) is 1. The van der Waals surface area contributed by atoms with Gasteiger partial charge < -0.3 is 19.6 Å². The highest BCUT2D eigenvalue weighted by Crippen LogP contribution is 2.38. The Labute approximate surface area is 209 Å². The number of para-hydroxylation sites is 1. The minimum atomic E-state index is -3.91. The molecule has 2 aromatic carbocycles. The monoisotopic (exact) mass is 600 g/mol. The number of ether oxygens (including phenoxy) is 1. The number of carbonyl (C=O) groups is 1. The van der Waals surface area contributed by atoms with Crippen LogP contribution in [0.2, 0.25) is 0 Å². The maximum Gasteiger partial charge on any atom is 0.407 e. The van der Waals surface area contributed by atoms with Gasteiger partial charge in [0.25, 0.3) is 0 Å². The second-order valence-corrected chi connectivity index (χ2v) is 11.0. The third kappa shape index (κ3) is 5.43. The van der Waals surface area contributed by atoms with Gasteiger partial charge in [0.1, 0.15) is 5.75 Å². The van der Waals surface area contributed by atoms with Crippen LogP contribution in [0.5, 0.6) is 5.75 Å². The van der Waals surface area contributed by atoms with Crippen molar-refractivity contribution in [1.82, 2.24) is 14.5 Å². The highest BCUT2D eigenvalue weighted by Gasteiger charge is 2.43. The Balaban J connectivity index is 1.95. The number of nitrogens with zero attached hydrogens (tertiary/aromatic N) is 3. The van der Waals surface area contributed by atoms with Crippen LogP contribution >= 0.6 is 31.9 Å². The Hall–Kier alpha value is -2.33. The van der Waals surface area contributed by atoms with E-state index in [9.17, 15) is 23.6 Å². The van der Waals surface area contributed by atoms with Gasteiger partial charge in [0.2, 0.25) is 10.0 Å². The predicted molar refractivity (Wildman–Crippen MR) is 128 cm³/mol. The van der Waals surface area contributed by atoms with Crippen molar-refractivity contribution >= 4 is 48.0 Å². The normalized spacial score (nSPS) is 19.1. The molecule has 0 aromatic heterocycles. The molecule has 9 nitrogen and oxygen atoms in total. The summed E-state index contributed by atoms with van der Waals surface area (Å²) in [6.07, 6.45) is 1.14. The van der Waals surface area contributed by atoms with E-state index in [1.54, 1.807) is 36.4 Å². The molecule has 3 rings (SSSR count). The second kappa shape index (κ2) is 10.3. The number of rotatable bonds is 7. The van der Waals surface area contributed by atoms with E-state index in [1.807, 2.05) is 0 Å². The summed E-state index contributed by atoms with van der Waals surface area (Å²) in [4.78, 5) is 14.5. The molecule has 0 aliphatic carbocycles. The summed E-state index contributed by atoms with van der Waals surface area (Å²) in [5, 5.41) is 19.5. The fourth-order valence-corrected chi connectivity index (χ4v) is 6.78. The van der Waals surface area contributed by atoms with E-state index in [1.165, 1.54) is 25.1 Å². The van der Waals surface area contributed by atoms with Gasteiger partial charge in [-0.1, -0.05) is 34.1 Å². The lowest BCUT2D eigenvalue weighted by atomic mass is 9.94. The first-order valence-corrected chi connectivity index (χ1v) is 12.9. The van der Waals surface area contributed by atoms with Crippen LogP contribution in [-0.2, 0) is 10.0 Å². The van der Waals surface area contributed by atoms with Crippen molar-refractivity contribution in [3.05, 3.63) is 57.0 Å². The van der Waals surface area contributed by atoms with Crippen LogP contribution in [0, 0.1) is 11.5 Å². The Bertz CT molecular complexity index is 1190. The molecule has 3 atom stereocenters. The molecule has 1 unspecified atom stereocenters. The zero-order chi connectivity index (χ0) is 24.3. The first kappa shape index (κ1) is 25.3. The summed E-state index contributed by atoms with van der Waals surface area (Å²) in [5.74, 6) is 0.482. The Kier molecular flexibility index (Phi) is 7.89. The minimum absolute atomic E-state index is 0.0627. The molecule has 176 valence electrons. The van der Waals surface area contributed by atoms with E-state index in [0.717, 1.165) is 4.90 Å². The zero-order valence-electron chi connectivity index (χ0n) is 17.8. The third-order valence-electron chi connectivity index (χ3n) is 5.52. The average molecular weight is 602 g/mol. The van der Waals surface area contributed by atoms with E-state index in [0.29, 0.717) is 20.3 Å². The molecule has 0 radical (unpaired) electrons. The number of nitrogens with one attached hydrogen (secondary N) is 1. The van der Waals surface area contributed by atoms with Gasteiger partial charge in [-0.15, -0.1) is 0 Å². The van der Waals surface area contributed by atoms with Crippen LogP contribution in [-0.4, -0.2) is 62.2 Å². The topological polar surface area (TPSA) is 123 Å². The molecule has 2 N–H and O–H groups in total. The summed E-state index contributed by atoms with van der Waals surface area (Å²) in [6.45, 7) is 0.102. The SMILES string of the molecule is COc1ccccc1C([C@@H]1C[C@@H](NS(=O)(=O)c2cc(Br)ccc2Br)CN1C#N)N(C)C(=O)O. The summed E-state index contributed by atoms with van der Waals surface area (Å²) in [6, 6.07) is 9.84. The number of likely N-dealkylation sites (N-methyl/N-ethyl adjacent to an activating group) is 1. The number of carboxylic acid groups (broad SMARTS) is 1.